The van der Waals surface area contributed by atoms with Crippen molar-refractivity contribution in [2.75, 3.05) is 7.11 Å². The van der Waals surface area contributed by atoms with Gasteiger partial charge in [-0.3, -0.25) is 9.59 Å². The van der Waals surface area contributed by atoms with Gasteiger partial charge in [0.25, 0.3) is 0 Å². The van der Waals surface area contributed by atoms with Crippen LogP contribution in [0.4, 0.5) is 0 Å². The molecule has 3 atom stereocenters. The molecule has 0 aromatic rings. The van der Waals surface area contributed by atoms with Crippen LogP contribution in [0.25, 0.3) is 0 Å². The summed E-state index contributed by atoms with van der Waals surface area (Å²) in [6.45, 7) is 9.19. The zero-order valence-corrected chi connectivity index (χ0v) is 16.5. The van der Waals surface area contributed by atoms with Crippen LogP contribution in [0.1, 0.15) is 59.8 Å². The van der Waals surface area contributed by atoms with Gasteiger partial charge in [0.05, 0.1) is 12.7 Å². The molecule has 1 N–H and O–H groups in total. The first-order chi connectivity index (χ1) is 12.1. The van der Waals surface area contributed by atoms with Gasteiger partial charge in [-0.25, -0.2) is 0 Å². The van der Waals surface area contributed by atoms with Crippen LogP contribution in [0.3, 0.4) is 0 Å². The van der Waals surface area contributed by atoms with E-state index in [1.807, 2.05) is 0 Å². The van der Waals surface area contributed by atoms with E-state index in [0.717, 1.165) is 25.3 Å². The van der Waals surface area contributed by atoms with Crippen LogP contribution in [-0.4, -0.2) is 23.8 Å². The summed E-state index contributed by atoms with van der Waals surface area (Å²) in [5, 5.41) is 10.3. The van der Waals surface area contributed by atoms with E-state index in [9.17, 15) is 14.7 Å². The Morgan fingerprint density at radius 2 is 1.88 bits per heavy atom. The Morgan fingerprint density at radius 1 is 1.19 bits per heavy atom. The number of carbonyl (C=O) groups excluding carboxylic acids is 2. The summed E-state index contributed by atoms with van der Waals surface area (Å²) in [5.41, 5.74) is 1.53. The van der Waals surface area contributed by atoms with Crippen molar-refractivity contribution in [2.45, 2.75) is 59.8 Å². The maximum Gasteiger partial charge on any atom is 0.231 e. The largest absolute Gasteiger partial charge is 0.504 e. The summed E-state index contributed by atoms with van der Waals surface area (Å²) in [4.78, 5) is 24.7. The Kier molecular flexibility index (Phi) is 4.66. The Labute approximate surface area is 156 Å². The molecule has 2 saturated carbocycles. The average molecular weight is 358 g/mol. The fraction of sp³-hybridized carbons (Fsp3) is 0.636. The predicted octanol–water partition coefficient (Wildman–Crippen LogP) is 4.67. The lowest BCUT2D eigenvalue weighted by atomic mass is 9.48. The van der Waals surface area contributed by atoms with Gasteiger partial charge in [0.1, 0.15) is 0 Å². The van der Waals surface area contributed by atoms with Gasteiger partial charge in [-0.05, 0) is 54.4 Å². The van der Waals surface area contributed by atoms with Gasteiger partial charge in [-0.2, -0.15) is 0 Å². The third-order valence-electron chi connectivity index (χ3n) is 7.05. The second-order valence-electron chi connectivity index (χ2n) is 9.06. The number of ether oxygens (including phenoxy) is 1. The van der Waals surface area contributed by atoms with E-state index in [1.54, 1.807) is 6.08 Å². The van der Waals surface area contributed by atoms with Gasteiger partial charge in [-0.1, -0.05) is 39.7 Å². The molecule has 0 unspecified atom stereocenters. The van der Waals surface area contributed by atoms with Gasteiger partial charge >= 0.3 is 0 Å². The van der Waals surface area contributed by atoms with Crippen LogP contribution in [0.2, 0.25) is 0 Å². The summed E-state index contributed by atoms with van der Waals surface area (Å²) in [6.07, 6.45) is 8.59. The molecule has 0 aromatic carbocycles. The number of hydrogen-bond acceptors (Lipinski definition) is 4. The topological polar surface area (TPSA) is 63.6 Å². The number of carbonyl (C=O) groups is 2. The molecule has 2 fully saturated rings. The van der Waals surface area contributed by atoms with E-state index in [2.05, 4.69) is 27.7 Å². The van der Waals surface area contributed by atoms with E-state index in [-0.39, 0.29) is 22.2 Å². The van der Waals surface area contributed by atoms with Crippen molar-refractivity contribution < 1.29 is 19.4 Å². The zero-order valence-electron chi connectivity index (χ0n) is 16.5. The Hall–Kier alpha value is -1.84. The lowest BCUT2D eigenvalue weighted by Gasteiger charge is -2.56. The molecule has 0 amide bonds. The number of hydrogen-bond donors (Lipinski definition) is 1. The molecule has 3 aliphatic carbocycles. The average Bonchev–Trinajstić information content (AvgIpc) is 2.56. The third-order valence-corrected chi connectivity index (χ3v) is 7.05. The fourth-order valence-electron chi connectivity index (χ4n) is 5.69. The van der Waals surface area contributed by atoms with Crippen molar-refractivity contribution in [3.05, 3.63) is 34.8 Å². The molecular weight excluding hydrogens is 328 g/mol. The molecular formula is C22H30O4. The third kappa shape index (κ3) is 2.83. The summed E-state index contributed by atoms with van der Waals surface area (Å²) in [5.74, 6) is -0.580. The fourth-order valence-corrected chi connectivity index (χ4v) is 5.69. The van der Waals surface area contributed by atoms with Gasteiger partial charge in [-0.15, -0.1) is 0 Å². The van der Waals surface area contributed by atoms with Crippen molar-refractivity contribution in [3.8, 4) is 0 Å². The van der Waals surface area contributed by atoms with Crippen LogP contribution in [0.5, 0.6) is 0 Å². The molecule has 142 valence electrons. The molecule has 26 heavy (non-hydrogen) atoms. The molecule has 4 nitrogen and oxygen atoms in total. The summed E-state index contributed by atoms with van der Waals surface area (Å²) in [7, 11) is 1.37. The molecule has 0 bridgehead atoms. The first-order valence-corrected chi connectivity index (χ1v) is 9.62. The standard InChI is InChI=1S/C22H30O4/c1-13-7-8-18-21(2,3)9-6-10-22(18,4)15(13)11-14-19(24)16(23)12-17(26-5)20(14)25/h11-13,18,24H,6-10H2,1-5H3/t13-,18-,22+/m0/s1. The van der Waals surface area contributed by atoms with Crippen LogP contribution in [-0.2, 0) is 14.3 Å². The van der Waals surface area contributed by atoms with Crippen molar-refractivity contribution in [3.63, 3.8) is 0 Å². The summed E-state index contributed by atoms with van der Waals surface area (Å²) >= 11 is 0. The first kappa shape index (κ1) is 18.9. The van der Waals surface area contributed by atoms with E-state index < -0.39 is 17.3 Å². The smallest absolute Gasteiger partial charge is 0.231 e. The van der Waals surface area contributed by atoms with Crippen LogP contribution in [0.15, 0.2) is 34.8 Å². The lowest BCUT2D eigenvalue weighted by Crippen LogP contribution is -2.47. The highest BCUT2D eigenvalue weighted by Gasteiger charge is 2.51. The first-order valence-electron chi connectivity index (χ1n) is 9.62. The zero-order chi connectivity index (χ0) is 19.3. The van der Waals surface area contributed by atoms with Gasteiger partial charge in [0, 0.05) is 6.08 Å². The van der Waals surface area contributed by atoms with Crippen molar-refractivity contribution in [2.24, 2.45) is 22.7 Å². The molecule has 0 aromatic heterocycles. The van der Waals surface area contributed by atoms with E-state index in [0.29, 0.717) is 11.8 Å². The van der Waals surface area contributed by atoms with E-state index in [4.69, 9.17) is 4.74 Å². The summed E-state index contributed by atoms with van der Waals surface area (Å²) < 4.78 is 5.05. The highest BCUT2D eigenvalue weighted by Crippen LogP contribution is 2.61. The highest BCUT2D eigenvalue weighted by atomic mass is 16.5. The van der Waals surface area contributed by atoms with Gasteiger partial charge < -0.3 is 9.84 Å². The SMILES string of the molecule is COC1=CC(=O)C(O)=C(C=C2[C@@H](C)CC[C@H]3C(C)(C)CCC[C@]23C)C1=O. The molecule has 0 heterocycles. The predicted molar refractivity (Wildman–Crippen MR) is 100 cm³/mol. The number of methoxy groups -OCH3 is 1. The normalized spacial score (nSPS) is 36.0. The molecule has 3 rings (SSSR count). The lowest BCUT2D eigenvalue weighted by molar-refractivity contribution is -0.119. The molecule has 0 radical (unpaired) electrons. The van der Waals surface area contributed by atoms with Crippen molar-refractivity contribution in [1.82, 2.24) is 0 Å². The number of allylic oxidation sites excluding steroid dienone is 4. The van der Waals surface area contributed by atoms with Crippen molar-refractivity contribution >= 4 is 11.6 Å². The summed E-state index contributed by atoms with van der Waals surface area (Å²) in [6, 6.07) is 0. The second-order valence-corrected chi connectivity index (χ2v) is 9.06. The minimum Gasteiger partial charge on any atom is -0.504 e. The van der Waals surface area contributed by atoms with Gasteiger partial charge in [0.15, 0.2) is 11.5 Å². The Morgan fingerprint density at radius 3 is 2.54 bits per heavy atom. The quantitative estimate of drug-likeness (QED) is 0.729. The molecule has 0 saturated heterocycles. The number of aliphatic hydroxyl groups excluding tert-OH is 1. The maximum atomic E-state index is 12.7. The second kappa shape index (κ2) is 6.40. The maximum absolute atomic E-state index is 12.7. The monoisotopic (exact) mass is 358 g/mol. The number of Topliss-reactive ketones (excluding diaryl/α,β-unsaturated/α-hetero) is 1. The number of rotatable bonds is 2. The highest BCUT2D eigenvalue weighted by molar-refractivity contribution is 6.22. The Bertz CT molecular complexity index is 737. The minimum atomic E-state index is -0.567. The van der Waals surface area contributed by atoms with Crippen LogP contribution >= 0.6 is 0 Å². The number of ketones is 2. The van der Waals surface area contributed by atoms with Gasteiger partial charge in [0.2, 0.25) is 11.6 Å². The Balaban J connectivity index is 2.10. The van der Waals surface area contributed by atoms with E-state index >= 15 is 0 Å². The van der Waals surface area contributed by atoms with Crippen LogP contribution in [0, 0.1) is 22.7 Å². The molecule has 3 aliphatic rings. The van der Waals surface area contributed by atoms with Crippen molar-refractivity contribution in [1.29, 1.82) is 0 Å². The minimum absolute atomic E-state index is 0.00575. The van der Waals surface area contributed by atoms with E-state index in [1.165, 1.54) is 25.5 Å². The number of aliphatic hydroxyl groups is 1. The van der Waals surface area contributed by atoms with Crippen LogP contribution < -0.4 is 0 Å². The molecule has 0 aliphatic heterocycles. The number of fused-ring (bicyclic) bond motifs is 1. The molecule has 0 spiro atoms. The molecule has 4 heteroatoms.